The van der Waals surface area contributed by atoms with E-state index < -0.39 is 11.5 Å². The van der Waals surface area contributed by atoms with Gasteiger partial charge in [0.1, 0.15) is 30.1 Å². The van der Waals surface area contributed by atoms with Crippen LogP contribution >= 0.6 is 0 Å². The van der Waals surface area contributed by atoms with Crippen LogP contribution in [0, 0.1) is 5.82 Å². The van der Waals surface area contributed by atoms with Crippen LogP contribution in [0.25, 0.3) is 11.0 Å². The maximum Gasteiger partial charge on any atom is 0.347 e. The Bertz CT molecular complexity index is 1550. The van der Waals surface area contributed by atoms with Gasteiger partial charge in [0.15, 0.2) is 22.8 Å². The van der Waals surface area contributed by atoms with Crippen LogP contribution in [-0.4, -0.2) is 34.5 Å². The molecule has 1 aliphatic heterocycles. The van der Waals surface area contributed by atoms with Crippen molar-refractivity contribution < 1.29 is 28.2 Å². The molecule has 2 aromatic carbocycles. The fraction of sp³-hybridized carbons (Fsp3) is 0.214. The van der Waals surface area contributed by atoms with Crippen molar-refractivity contribution in [1.82, 2.24) is 9.55 Å². The summed E-state index contributed by atoms with van der Waals surface area (Å²) in [5, 5.41) is 0. The maximum absolute atomic E-state index is 13.7. The van der Waals surface area contributed by atoms with Crippen LogP contribution in [-0.2, 0) is 29.1 Å². The van der Waals surface area contributed by atoms with E-state index in [0.717, 1.165) is 11.1 Å². The van der Waals surface area contributed by atoms with Gasteiger partial charge in [-0.1, -0.05) is 42.5 Å². The van der Waals surface area contributed by atoms with E-state index in [1.807, 2.05) is 30.3 Å². The molecule has 0 radical (unpaired) electrons. The van der Waals surface area contributed by atoms with Crippen LogP contribution in [0.5, 0.6) is 11.5 Å². The second-order valence-electron chi connectivity index (χ2n) is 8.53. The number of halogens is 1. The van der Waals surface area contributed by atoms with E-state index in [0.29, 0.717) is 12.0 Å². The zero-order valence-corrected chi connectivity index (χ0v) is 20.0. The Labute approximate surface area is 211 Å². The molecule has 0 saturated heterocycles. The van der Waals surface area contributed by atoms with Crippen molar-refractivity contribution in [3.63, 3.8) is 0 Å². The molecule has 9 heteroatoms. The summed E-state index contributed by atoms with van der Waals surface area (Å²) < 4.78 is 31.7. The Morgan fingerprint density at radius 1 is 1.08 bits per heavy atom. The van der Waals surface area contributed by atoms with E-state index in [1.165, 1.54) is 16.7 Å². The molecule has 0 atom stereocenters. The molecule has 1 aliphatic rings. The number of rotatable bonds is 7. The van der Waals surface area contributed by atoms with Gasteiger partial charge in [-0.2, -0.15) is 0 Å². The summed E-state index contributed by atoms with van der Waals surface area (Å²) >= 11 is 0. The van der Waals surface area contributed by atoms with E-state index in [9.17, 15) is 18.8 Å². The third-order valence-corrected chi connectivity index (χ3v) is 5.98. The molecule has 2 aromatic heterocycles. The minimum atomic E-state index is -0.863. The maximum atomic E-state index is 13.7. The standard InChI is InChI=1S/C28H23FN2O6/c1-2-35-28(34)22-26(36-15-18-6-4-3-5-7-18)23-24-25(37-16-21(32)14-31(24)27(22)33)19(13-30-23)12-17-8-10-20(29)11-9-17/h3-11,13H,2,12,14-16H2,1H3. The number of benzene rings is 2. The first kappa shape index (κ1) is 24.2. The number of pyridine rings is 2. The smallest absolute Gasteiger partial charge is 0.347 e. The van der Waals surface area contributed by atoms with Gasteiger partial charge in [0.05, 0.1) is 13.2 Å². The number of carbonyl (C=O) groups excluding carboxylic acids is 2. The highest BCUT2D eigenvalue weighted by Gasteiger charge is 2.31. The largest absolute Gasteiger partial charge is 0.485 e. The lowest BCUT2D eigenvalue weighted by atomic mass is 10.0. The van der Waals surface area contributed by atoms with Crippen molar-refractivity contribution in [3.8, 4) is 11.5 Å². The molecule has 5 rings (SSSR count). The quantitative estimate of drug-likeness (QED) is 0.354. The fourth-order valence-corrected chi connectivity index (χ4v) is 4.28. The Hall–Kier alpha value is -4.53. The van der Waals surface area contributed by atoms with E-state index in [2.05, 4.69) is 4.98 Å². The Kier molecular flexibility index (Phi) is 6.68. The van der Waals surface area contributed by atoms with E-state index in [-0.39, 0.29) is 66.1 Å². The molecular weight excluding hydrogens is 479 g/mol. The van der Waals surface area contributed by atoms with E-state index >= 15 is 0 Å². The van der Waals surface area contributed by atoms with Gasteiger partial charge in [0.25, 0.3) is 5.56 Å². The second-order valence-corrected chi connectivity index (χ2v) is 8.53. The molecule has 37 heavy (non-hydrogen) atoms. The molecule has 0 unspecified atom stereocenters. The molecule has 4 aromatic rings. The first-order valence-corrected chi connectivity index (χ1v) is 11.8. The van der Waals surface area contributed by atoms with Crippen molar-refractivity contribution >= 4 is 22.8 Å². The number of aromatic nitrogens is 2. The second kappa shape index (κ2) is 10.2. The van der Waals surface area contributed by atoms with Crippen LogP contribution in [0.3, 0.4) is 0 Å². The summed E-state index contributed by atoms with van der Waals surface area (Å²) in [6, 6.07) is 15.2. The molecule has 188 valence electrons. The topological polar surface area (TPSA) is 96.7 Å². The van der Waals surface area contributed by atoms with Crippen LogP contribution in [0.2, 0.25) is 0 Å². The van der Waals surface area contributed by atoms with Crippen molar-refractivity contribution in [3.05, 3.63) is 99.2 Å². The van der Waals surface area contributed by atoms with Gasteiger partial charge in [0, 0.05) is 18.2 Å². The van der Waals surface area contributed by atoms with Gasteiger partial charge in [-0.3, -0.25) is 19.1 Å². The predicted octanol–water partition coefficient (Wildman–Crippen LogP) is 3.84. The van der Waals surface area contributed by atoms with Gasteiger partial charge in [-0.15, -0.1) is 0 Å². The van der Waals surface area contributed by atoms with Crippen molar-refractivity contribution in [2.24, 2.45) is 0 Å². The Morgan fingerprint density at radius 3 is 2.57 bits per heavy atom. The third kappa shape index (κ3) is 4.80. The summed E-state index contributed by atoms with van der Waals surface area (Å²) in [6.07, 6.45) is 1.87. The minimum Gasteiger partial charge on any atom is -0.485 e. The highest BCUT2D eigenvalue weighted by molar-refractivity contribution is 6.01. The summed E-state index contributed by atoms with van der Waals surface area (Å²) in [4.78, 5) is 43.7. The highest BCUT2D eigenvalue weighted by Crippen LogP contribution is 2.37. The monoisotopic (exact) mass is 502 g/mol. The fourth-order valence-electron chi connectivity index (χ4n) is 4.28. The number of esters is 1. The molecule has 0 aliphatic carbocycles. The molecule has 8 nitrogen and oxygen atoms in total. The lowest BCUT2D eigenvalue weighted by molar-refractivity contribution is -0.121. The molecule has 0 amide bonds. The van der Waals surface area contributed by atoms with Crippen molar-refractivity contribution in [2.45, 2.75) is 26.5 Å². The minimum absolute atomic E-state index is 0.0360. The molecule has 0 spiro atoms. The molecule has 3 heterocycles. The predicted molar refractivity (Wildman–Crippen MR) is 132 cm³/mol. The third-order valence-electron chi connectivity index (χ3n) is 5.98. The summed E-state index contributed by atoms with van der Waals surface area (Å²) in [7, 11) is 0. The molecular formula is C28H23FN2O6. The Balaban J connectivity index is 1.72. The zero-order chi connectivity index (χ0) is 25.9. The van der Waals surface area contributed by atoms with Crippen LogP contribution in [0.4, 0.5) is 4.39 Å². The van der Waals surface area contributed by atoms with Crippen molar-refractivity contribution in [1.29, 1.82) is 0 Å². The van der Waals surface area contributed by atoms with Crippen molar-refractivity contribution in [2.75, 3.05) is 13.2 Å². The number of hydrogen-bond donors (Lipinski definition) is 0. The summed E-state index contributed by atoms with van der Waals surface area (Å²) in [5.41, 5.74) is 1.60. The SMILES string of the molecule is CCOC(=O)c1c(OCc2ccccc2)c2ncc(Cc3ccc(F)cc3)c3c2n(c1=O)CC(=O)CO3. The average Bonchev–Trinajstić information content (AvgIpc) is 3.08. The lowest BCUT2D eigenvalue weighted by Crippen LogP contribution is -2.31. The lowest BCUT2D eigenvalue weighted by Gasteiger charge is -2.18. The van der Waals surface area contributed by atoms with Gasteiger partial charge >= 0.3 is 5.97 Å². The van der Waals surface area contributed by atoms with E-state index in [1.54, 1.807) is 25.3 Å². The summed E-state index contributed by atoms with van der Waals surface area (Å²) in [6.45, 7) is 1.19. The first-order chi connectivity index (χ1) is 18.0. The zero-order valence-electron chi connectivity index (χ0n) is 20.0. The van der Waals surface area contributed by atoms with Gasteiger partial charge in [0.2, 0.25) is 0 Å². The molecule has 0 fully saturated rings. The Morgan fingerprint density at radius 2 is 1.84 bits per heavy atom. The van der Waals surface area contributed by atoms with Gasteiger partial charge in [-0.25, -0.2) is 9.18 Å². The molecule has 0 saturated carbocycles. The number of nitrogens with zero attached hydrogens (tertiary/aromatic N) is 2. The first-order valence-electron chi connectivity index (χ1n) is 11.8. The molecule has 0 bridgehead atoms. The summed E-state index contributed by atoms with van der Waals surface area (Å²) in [5.74, 6) is -1.32. The average molecular weight is 502 g/mol. The van der Waals surface area contributed by atoms with Crippen LogP contribution in [0.1, 0.15) is 34.0 Å². The normalized spacial score (nSPS) is 12.6. The van der Waals surface area contributed by atoms with Gasteiger partial charge in [-0.05, 0) is 30.2 Å². The van der Waals surface area contributed by atoms with Crippen LogP contribution < -0.4 is 15.0 Å². The van der Waals surface area contributed by atoms with E-state index in [4.69, 9.17) is 14.2 Å². The number of hydrogen-bond acceptors (Lipinski definition) is 7. The number of ketones is 1. The van der Waals surface area contributed by atoms with Crippen LogP contribution in [0.15, 0.2) is 65.6 Å². The van der Waals surface area contributed by atoms with Gasteiger partial charge < -0.3 is 14.2 Å². The number of Topliss-reactive ketones (excluding diaryl/α,β-unsaturated/α-hetero) is 1. The number of carbonyl (C=O) groups is 2. The molecule has 0 N–H and O–H groups in total. The number of ether oxygens (including phenoxy) is 3. The highest BCUT2D eigenvalue weighted by atomic mass is 19.1.